The van der Waals surface area contributed by atoms with Crippen molar-refractivity contribution in [2.24, 2.45) is 11.7 Å². The first-order chi connectivity index (χ1) is 7.39. The first-order valence-corrected chi connectivity index (χ1v) is 5.67. The van der Waals surface area contributed by atoms with E-state index in [-0.39, 0.29) is 5.54 Å². The van der Waals surface area contributed by atoms with E-state index in [9.17, 15) is 0 Å². The standard InChI is InChI=1S/C12H22N4/c1-8(2)12(5,7-13)16-11-10(4)14-6-9(3)15-11/h6,8H,7,13H2,1-5H3,(H,15,16). The van der Waals surface area contributed by atoms with Gasteiger partial charge < -0.3 is 11.1 Å². The van der Waals surface area contributed by atoms with Crippen LogP contribution in [-0.4, -0.2) is 22.1 Å². The molecule has 0 aromatic carbocycles. The van der Waals surface area contributed by atoms with E-state index in [1.807, 2.05) is 13.8 Å². The first-order valence-electron chi connectivity index (χ1n) is 5.67. The summed E-state index contributed by atoms with van der Waals surface area (Å²) < 4.78 is 0. The number of aromatic nitrogens is 2. The predicted octanol–water partition coefficient (Wildman–Crippen LogP) is 1.88. The van der Waals surface area contributed by atoms with Crippen molar-refractivity contribution >= 4 is 5.82 Å². The summed E-state index contributed by atoms with van der Waals surface area (Å²) in [5.74, 6) is 1.26. The molecule has 0 saturated heterocycles. The molecule has 0 bridgehead atoms. The highest BCUT2D eigenvalue weighted by molar-refractivity contribution is 5.42. The smallest absolute Gasteiger partial charge is 0.148 e. The number of hydrogen-bond donors (Lipinski definition) is 2. The summed E-state index contributed by atoms with van der Waals surface area (Å²) in [4.78, 5) is 8.75. The van der Waals surface area contributed by atoms with Crippen LogP contribution >= 0.6 is 0 Å². The summed E-state index contributed by atoms with van der Waals surface area (Å²) in [6.45, 7) is 10.9. The molecule has 0 saturated carbocycles. The van der Waals surface area contributed by atoms with Crippen LogP contribution in [0.25, 0.3) is 0 Å². The van der Waals surface area contributed by atoms with E-state index in [1.165, 1.54) is 0 Å². The number of nitrogens with two attached hydrogens (primary N) is 1. The summed E-state index contributed by atoms with van der Waals surface area (Å²) in [6.07, 6.45) is 1.77. The van der Waals surface area contributed by atoms with Gasteiger partial charge >= 0.3 is 0 Å². The molecule has 1 unspecified atom stereocenters. The molecule has 90 valence electrons. The first kappa shape index (κ1) is 12.9. The van der Waals surface area contributed by atoms with Gasteiger partial charge in [0.05, 0.1) is 16.9 Å². The molecule has 0 radical (unpaired) electrons. The zero-order valence-electron chi connectivity index (χ0n) is 10.8. The van der Waals surface area contributed by atoms with Crippen LogP contribution in [0.4, 0.5) is 5.82 Å². The maximum Gasteiger partial charge on any atom is 0.148 e. The Kier molecular flexibility index (Phi) is 3.86. The number of nitrogens with one attached hydrogen (secondary N) is 1. The van der Waals surface area contributed by atoms with Crippen LogP contribution in [0.1, 0.15) is 32.2 Å². The molecule has 0 amide bonds. The Morgan fingerprint density at radius 2 is 2.06 bits per heavy atom. The lowest BCUT2D eigenvalue weighted by Crippen LogP contribution is -2.47. The third kappa shape index (κ3) is 2.70. The molecule has 1 aromatic rings. The van der Waals surface area contributed by atoms with Crippen LogP contribution in [0.15, 0.2) is 6.20 Å². The Hall–Kier alpha value is -1.16. The highest BCUT2D eigenvalue weighted by Crippen LogP contribution is 2.22. The third-order valence-corrected chi connectivity index (χ3v) is 3.18. The van der Waals surface area contributed by atoms with Crippen molar-refractivity contribution in [3.63, 3.8) is 0 Å². The average Bonchev–Trinajstić information content (AvgIpc) is 2.23. The minimum atomic E-state index is -0.146. The second-order valence-electron chi connectivity index (χ2n) is 4.85. The zero-order chi connectivity index (χ0) is 12.3. The van der Waals surface area contributed by atoms with Crippen LogP contribution in [0.2, 0.25) is 0 Å². The van der Waals surface area contributed by atoms with Gasteiger partial charge in [0.25, 0.3) is 0 Å². The zero-order valence-corrected chi connectivity index (χ0v) is 10.8. The molecular formula is C12H22N4. The van der Waals surface area contributed by atoms with Crippen molar-refractivity contribution in [1.29, 1.82) is 0 Å². The normalized spacial score (nSPS) is 14.9. The van der Waals surface area contributed by atoms with E-state index in [2.05, 4.69) is 36.1 Å². The van der Waals surface area contributed by atoms with Crippen molar-refractivity contribution in [1.82, 2.24) is 9.97 Å². The van der Waals surface area contributed by atoms with Gasteiger partial charge in [-0.05, 0) is 26.7 Å². The summed E-state index contributed by atoms with van der Waals surface area (Å²) in [5.41, 5.74) is 7.51. The maximum absolute atomic E-state index is 5.83. The van der Waals surface area contributed by atoms with Gasteiger partial charge in [-0.2, -0.15) is 0 Å². The lowest BCUT2D eigenvalue weighted by molar-refractivity contribution is 0.381. The van der Waals surface area contributed by atoms with Crippen molar-refractivity contribution in [3.8, 4) is 0 Å². The van der Waals surface area contributed by atoms with E-state index in [0.717, 1.165) is 17.2 Å². The topological polar surface area (TPSA) is 63.8 Å². The Balaban J connectivity index is 2.98. The van der Waals surface area contributed by atoms with Crippen molar-refractivity contribution in [2.45, 2.75) is 40.2 Å². The van der Waals surface area contributed by atoms with Crippen LogP contribution < -0.4 is 11.1 Å². The van der Waals surface area contributed by atoms with E-state index in [0.29, 0.717) is 12.5 Å². The largest absolute Gasteiger partial charge is 0.362 e. The molecule has 1 atom stereocenters. The molecule has 0 aliphatic carbocycles. The van der Waals surface area contributed by atoms with Crippen LogP contribution in [0, 0.1) is 19.8 Å². The Labute approximate surface area is 97.7 Å². The summed E-state index contributed by atoms with van der Waals surface area (Å²) in [7, 11) is 0. The fourth-order valence-electron chi connectivity index (χ4n) is 1.36. The highest BCUT2D eigenvalue weighted by Gasteiger charge is 2.27. The molecule has 1 heterocycles. The van der Waals surface area contributed by atoms with E-state index >= 15 is 0 Å². The lowest BCUT2D eigenvalue weighted by atomic mass is 9.88. The minimum absolute atomic E-state index is 0.146. The van der Waals surface area contributed by atoms with E-state index in [1.54, 1.807) is 6.20 Å². The van der Waals surface area contributed by atoms with Crippen LogP contribution in [0.5, 0.6) is 0 Å². The second kappa shape index (κ2) is 4.78. The number of nitrogens with zero attached hydrogens (tertiary/aromatic N) is 2. The van der Waals surface area contributed by atoms with Crippen molar-refractivity contribution < 1.29 is 0 Å². The number of aryl methyl sites for hydroxylation is 2. The predicted molar refractivity (Wildman–Crippen MR) is 67.4 cm³/mol. The number of anilines is 1. The second-order valence-corrected chi connectivity index (χ2v) is 4.85. The summed E-state index contributed by atoms with van der Waals surface area (Å²) >= 11 is 0. The van der Waals surface area contributed by atoms with Crippen LogP contribution in [-0.2, 0) is 0 Å². The van der Waals surface area contributed by atoms with Gasteiger partial charge in [-0.25, -0.2) is 4.98 Å². The van der Waals surface area contributed by atoms with Gasteiger partial charge in [-0.3, -0.25) is 4.98 Å². The lowest BCUT2D eigenvalue weighted by Gasteiger charge is -2.34. The van der Waals surface area contributed by atoms with Gasteiger partial charge in [0.15, 0.2) is 0 Å². The van der Waals surface area contributed by atoms with Gasteiger partial charge in [-0.1, -0.05) is 13.8 Å². The molecule has 4 nitrogen and oxygen atoms in total. The Morgan fingerprint density at radius 1 is 1.44 bits per heavy atom. The minimum Gasteiger partial charge on any atom is -0.362 e. The molecule has 0 aliphatic rings. The summed E-state index contributed by atoms with van der Waals surface area (Å²) in [5, 5.41) is 3.42. The molecule has 1 aromatic heterocycles. The quantitative estimate of drug-likeness (QED) is 0.816. The highest BCUT2D eigenvalue weighted by atomic mass is 15.1. The molecule has 0 fully saturated rings. The number of hydrogen-bond acceptors (Lipinski definition) is 4. The van der Waals surface area contributed by atoms with E-state index < -0.39 is 0 Å². The third-order valence-electron chi connectivity index (χ3n) is 3.18. The fourth-order valence-corrected chi connectivity index (χ4v) is 1.36. The van der Waals surface area contributed by atoms with E-state index in [4.69, 9.17) is 5.73 Å². The molecule has 3 N–H and O–H groups in total. The van der Waals surface area contributed by atoms with Crippen molar-refractivity contribution in [2.75, 3.05) is 11.9 Å². The SMILES string of the molecule is Cc1cnc(C)c(NC(C)(CN)C(C)C)n1. The molecule has 0 spiro atoms. The molecular weight excluding hydrogens is 200 g/mol. The molecule has 1 rings (SSSR count). The fraction of sp³-hybridized carbons (Fsp3) is 0.667. The molecule has 0 aliphatic heterocycles. The monoisotopic (exact) mass is 222 g/mol. The molecule has 4 heteroatoms. The number of rotatable bonds is 4. The Morgan fingerprint density at radius 3 is 2.56 bits per heavy atom. The van der Waals surface area contributed by atoms with Gasteiger partial charge in [0.1, 0.15) is 5.82 Å². The van der Waals surface area contributed by atoms with Crippen LogP contribution in [0.3, 0.4) is 0 Å². The van der Waals surface area contributed by atoms with Gasteiger partial charge in [0, 0.05) is 12.7 Å². The van der Waals surface area contributed by atoms with Crippen molar-refractivity contribution in [3.05, 3.63) is 17.6 Å². The van der Waals surface area contributed by atoms with Gasteiger partial charge in [-0.15, -0.1) is 0 Å². The molecule has 16 heavy (non-hydrogen) atoms. The maximum atomic E-state index is 5.83. The summed E-state index contributed by atoms with van der Waals surface area (Å²) in [6, 6.07) is 0. The average molecular weight is 222 g/mol. The van der Waals surface area contributed by atoms with Gasteiger partial charge in [0.2, 0.25) is 0 Å². The Bertz CT molecular complexity index is 362.